The Kier molecular flexibility index (Phi) is 4.09. The summed E-state index contributed by atoms with van der Waals surface area (Å²) in [5.41, 5.74) is 7.28. The maximum Gasteiger partial charge on any atom is 0.0468 e. The number of halogens is 2. The monoisotopic (exact) mass is 258 g/mol. The van der Waals surface area contributed by atoms with E-state index in [4.69, 9.17) is 28.9 Å². The van der Waals surface area contributed by atoms with E-state index in [1.807, 2.05) is 12.1 Å². The largest absolute Gasteiger partial charge is 0.324 e. The molecule has 0 radical (unpaired) electrons. The van der Waals surface area contributed by atoms with Crippen LogP contribution in [0.2, 0.25) is 10.0 Å². The van der Waals surface area contributed by atoms with Gasteiger partial charge in [0.1, 0.15) is 0 Å². The Morgan fingerprint density at radius 3 is 2.56 bits per heavy atom. The molecule has 1 heterocycles. The van der Waals surface area contributed by atoms with Gasteiger partial charge in [-0.05, 0) is 49.5 Å². The van der Waals surface area contributed by atoms with Crippen LogP contribution in [0.15, 0.2) is 18.2 Å². The Labute approximate surface area is 106 Å². The zero-order chi connectivity index (χ0) is 11.5. The first-order chi connectivity index (χ1) is 7.68. The van der Waals surface area contributed by atoms with Crippen molar-refractivity contribution in [3.63, 3.8) is 0 Å². The number of nitrogens with two attached hydrogens (primary N) is 1. The molecule has 4 heteroatoms. The van der Waals surface area contributed by atoms with Gasteiger partial charge in [-0.25, -0.2) is 0 Å². The minimum atomic E-state index is 0.0202. The van der Waals surface area contributed by atoms with Crippen LogP contribution >= 0.6 is 23.2 Å². The molecule has 2 nitrogen and oxygen atoms in total. The third-order valence-corrected chi connectivity index (χ3v) is 3.78. The lowest BCUT2D eigenvalue weighted by molar-refractivity contribution is 0.322. The van der Waals surface area contributed by atoms with Crippen molar-refractivity contribution in [1.29, 1.82) is 0 Å². The molecule has 1 aromatic carbocycles. The first-order valence-electron chi connectivity index (χ1n) is 5.59. The van der Waals surface area contributed by atoms with Crippen molar-refractivity contribution in [2.45, 2.75) is 18.9 Å². The van der Waals surface area contributed by atoms with Crippen LogP contribution in [0.4, 0.5) is 0 Å². The van der Waals surface area contributed by atoms with E-state index in [2.05, 4.69) is 5.32 Å². The average molecular weight is 259 g/mol. The standard InChI is InChI=1S/C12H16Cl2N2/c13-9-1-2-10(11(14)7-9)12(15)8-3-5-16-6-4-8/h1-2,7-8,12,16H,3-6,15H2. The summed E-state index contributed by atoms with van der Waals surface area (Å²) in [5, 5.41) is 4.67. The number of benzene rings is 1. The first kappa shape index (κ1) is 12.2. The summed E-state index contributed by atoms with van der Waals surface area (Å²) < 4.78 is 0. The first-order valence-corrected chi connectivity index (χ1v) is 6.35. The van der Waals surface area contributed by atoms with Gasteiger partial charge in [-0.2, -0.15) is 0 Å². The number of hydrogen-bond acceptors (Lipinski definition) is 2. The molecule has 1 aliphatic heterocycles. The molecule has 3 N–H and O–H groups in total. The quantitative estimate of drug-likeness (QED) is 0.856. The van der Waals surface area contributed by atoms with Gasteiger partial charge in [0, 0.05) is 16.1 Å². The topological polar surface area (TPSA) is 38.0 Å². The molecule has 0 bridgehead atoms. The summed E-state index contributed by atoms with van der Waals surface area (Å²) in [4.78, 5) is 0. The maximum absolute atomic E-state index is 6.27. The summed E-state index contributed by atoms with van der Waals surface area (Å²) >= 11 is 12.0. The van der Waals surface area contributed by atoms with Crippen LogP contribution in [0.5, 0.6) is 0 Å². The molecule has 0 aliphatic carbocycles. The summed E-state index contributed by atoms with van der Waals surface area (Å²) in [7, 11) is 0. The highest BCUT2D eigenvalue weighted by molar-refractivity contribution is 6.35. The van der Waals surface area contributed by atoms with Crippen molar-refractivity contribution < 1.29 is 0 Å². The molecule has 1 unspecified atom stereocenters. The molecule has 1 fully saturated rings. The van der Waals surface area contributed by atoms with Gasteiger partial charge in [-0.15, -0.1) is 0 Å². The predicted octanol–water partition coefficient (Wildman–Crippen LogP) is 2.99. The lowest BCUT2D eigenvalue weighted by atomic mass is 9.86. The molecule has 1 aromatic rings. The summed E-state index contributed by atoms with van der Waals surface area (Å²) in [6.07, 6.45) is 2.22. The molecular weight excluding hydrogens is 243 g/mol. The van der Waals surface area contributed by atoms with Crippen LogP contribution in [-0.2, 0) is 0 Å². The van der Waals surface area contributed by atoms with Crippen molar-refractivity contribution in [3.8, 4) is 0 Å². The highest BCUT2D eigenvalue weighted by atomic mass is 35.5. The molecule has 1 atom stereocenters. The second kappa shape index (κ2) is 5.37. The Morgan fingerprint density at radius 1 is 1.25 bits per heavy atom. The second-order valence-electron chi connectivity index (χ2n) is 4.28. The van der Waals surface area contributed by atoms with Crippen LogP contribution in [0, 0.1) is 5.92 Å². The van der Waals surface area contributed by atoms with Gasteiger partial charge in [-0.3, -0.25) is 0 Å². The second-order valence-corrected chi connectivity index (χ2v) is 5.12. The van der Waals surface area contributed by atoms with Gasteiger partial charge >= 0.3 is 0 Å². The van der Waals surface area contributed by atoms with Gasteiger partial charge in [0.05, 0.1) is 0 Å². The Bertz CT molecular complexity index is 362. The van der Waals surface area contributed by atoms with E-state index < -0.39 is 0 Å². The molecule has 0 aromatic heterocycles. The van der Waals surface area contributed by atoms with Crippen molar-refractivity contribution in [2.24, 2.45) is 11.7 Å². The Hall–Kier alpha value is -0.280. The maximum atomic E-state index is 6.27. The number of rotatable bonds is 2. The van der Waals surface area contributed by atoms with E-state index >= 15 is 0 Å². The van der Waals surface area contributed by atoms with E-state index in [1.165, 1.54) is 0 Å². The number of hydrogen-bond donors (Lipinski definition) is 2. The lowest BCUT2D eigenvalue weighted by Crippen LogP contribution is -2.33. The number of nitrogens with one attached hydrogen (secondary N) is 1. The van der Waals surface area contributed by atoms with E-state index in [1.54, 1.807) is 6.07 Å². The summed E-state index contributed by atoms with van der Waals surface area (Å²) in [6.45, 7) is 2.09. The van der Waals surface area contributed by atoms with Crippen LogP contribution in [0.25, 0.3) is 0 Å². The van der Waals surface area contributed by atoms with Crippen LogP contribution in [0.1, 0.15) is 24.4 Å². The molecular formula is C12H16Cl2N2. The van der Waals surface area contributed by atoms with Gasteiger partial charge in [-0.1, -0.05) is 29.3 Å². The summed E-state index contributed by atoms with van der Waals surface area (Å²) in [6, 6.07) is 5.58. The van der Waals surface area contributed by atoms with Gasteiger partial charge in [0.2, 0.25) is 0 Å². The zero-order valence-corrected chi connectivity index (χ0v) is 10.6. The van der Waals surface area contributed by atoms with E-state index in [9.17, 15) is 0 Å². The van der Waals surface area contributed by atoms with Crippen LogP contribution < -0.4 is 11.1 Å². The third-order valence-electron chi connectivity index (χ3n) is 3.21. The predicted molar refractivity (Wildman–Crippen MR) is 69.0 cm³/mol. The Balaban J connectivity index is 2.15. The van der Waals surface area contributed by atoms with Crippen LogP contribution in [0.3, 0.4) is 0 Å². The smallest absolute Gasteiger partial charge is 0.0468 e. The molecule has 0 spiro atoms. The molecule has 16 heavy (non-hydrogen) atoms. The fourth-order valence-electron chi connectivity index (χ4n) is 2.23. The highest BCUT2D eigenvalue weighted by Gasteiger charge is 2.23. The van der Waals surface area contributed by atoms with Gasteiger partial charge in [0.15, 0.2) is 0 Å². The minimum absolute atomic E-state index is 0.0202. The molecule has 0 amide bonds. The fourth-order valence-corrected chi connectivity index (χ4v) is 2.76. The van der Waals surface area contributed by atoms with Gasteiger partial charge in [0.25, 0.3) is 0 Å². The average Bonchev–Trinajstić information content (AvgIpc) is 2.29. The van der Waals surface area contributed by atoms with Crippen molar-refractivity contribution in [1.82, 2.24) is 5.32 Å². The minimum Gasteiger partial charge on any atom is -0.324 e. The third kappa shape index (κ3) is 2.69. The fraction of sp³-hybridized carbons (Fsp3) is 0.500. The molecule has 1 saturated heterocycles. The van der Waals surface area contributed by atoms with Gasteiger partial charge < -0.3 is 11.1 Å². The Morgan fingerprint density at radius 2 is 1.94 bits per heavy atom. The highest BCUT2D eigenvalue weighted by Crippen LogP contribution is 2.32. The van der Waals surface area contributed by atoms with E-state index in [0.29, 0.717) is 16.0 Å². The van der Waals surface area contributed by atoms with E-state index in [-0.39, 0.29) is 6.04 Å². The zero-order valence-electron chi connectivity index (χ0n) is 9.05. The van der Waals surface area contributed by atoms with E-state index in [0.717, 1.165) is 31.5 Å². The SMILES string of the molecule is NC(c1ccc(Cl)cc1Cl)C1CCNCC1. The molecule has 0 saturated carbocycles. The normalized spacial score (nSPS) is 19.7. The molecule has 88 valence electrons. The van der Waals surface area contributed by atoms with Crippen molar-refractivity contribution >= 4 is 23.2 Å². The molecule has 1 aliphatic rings. The van der Waals surface area contributed by atoms with Crippen molar-refractivity contribution in [2.75, 3.05) is 13.1 Å². The van der Waals surface area contributed by atoms with Crippen LogP contribution in [-0.4, -0.2) is 13.1 Å². The number of piperidine rings is 1. The van der Waals surface area contributed by atoms with Crippen molar-refractivity contribution in [3.05, 3.63) is 33.8 Å². The summed E-state index contributed by atoms with van der Waals surface area (Å²) in [5.74, 6) is 0.514. The molecule has 2 rings (SSSR count). The lowest BCUT2D eigenvalue weighted by Gasteiger charge is -2.28.